The van der Waals surface area contributed by atoms with E-state index in [0.29, 0.717) is 36.3 Å². The molecule has 0 bridgehead atoms. The van der Waals surface area contributed by atoms with Crippen LogP contribution in [0.5, 0.6) is 0 Å². The van der Waals surface area contributed by atoms with Crippen LogP contribution in [0.15, 0.2) is 41.5 Å². The Morgan fingerprint density at radius 3 is 2.81 bits per heavy atom. The monoisotopic (exact) mass is 584 g/mol. The zero-order valence-corrected chi connectivity index (χ0v) is 23.8. The number of aliphatic hydroxyl groups excluding tert-OH is 1. The quantitative estimate of drug-likeness (QED) is 0.294. The number of nitrogens with zero attached hydrogens (tertiary/aromatic N) is 6. The van der Waals surface area contributed by atoms with Crippen molar-refractivity contribution in [1.82, 2.24) is 24.5 Å². The van der Waals surface area contributed by atoms with Gasteiger partial charge in [0, 0.05) is 43.4 Å². The number of pyridine rings is 1. The fraction of sp³-hybridized carbons (Fsp3) is 0.483. The van der Waals surface area contributed by atoms with E-state index in [1.807, 2.05) is 25.1 Å². The molecule has 5 heterocycles. The molecule has 0 saturated carbocycles. The van der Waals surface area contributed by atoms with E-state index in [-0.39, 0.29) is 31.4 Å². The van der Waals surface area contributed by atoms with Crippen molar-refractivity contribution in [3.63, 3.8) is 0 Å². The van der Waals surface area contributed by atoms with E-state index in [9.17, 15) is 18.7 Å². The van der Waals surface area contributed by atoms with Gasteiger partial charge < -0.3 is 20.6 Å². The van der Waals surface area contributed by atoms with Crippen molar-refractivity contribution in [3.8, 4) is 11.3 Å². The average Bonchev–Trinajstić information content (AvgIpc) is 3.53. The van der Waals surface area contributed by atoms with Crippen molar-refractivity contribution in [2.24, 2.45) is 4.99 Å². The van der Waals surface area contributed by atoms with E-state index < -0.39 is 30.7 Å². The Morgan fingerprint density at radius 1 is 1.29 bits per heavy atom. The second kappa shape index (κ2) is 12.1. The molecule has 0 aromatic carbocycles. The Labute approximate surface area is 241 Å². The number of aromatic nitrogens is 4. The fourth-order valence-electron chi connectivity index (χ4n) is 5.84. The summed E-state index contributed by atoms with van der Waals surface area (Å²) >= 11 is 0. The summed E-state index contributed by atoms with van der Waals surface area (Å²) in [7, 11) is 1.73. The number of halogens is 3. The largest absolute Gasteiger partial charge is 0.387 e. The van der Waals surface area contributed by atoms with Crippen molar-refractivity contribution in [3.05, 3.63) is 42.2 Å². The lowest BCUT2D eigenvalue weighted by Crippen LogP contribution is -2.58. The summed E-state index contributed by atoms with van der Waals surface area (Å²) in [4.78, 5) is 27.5. The molecular formula is C29H35F3N8O2. The van der Waals surface area contributed by atoms with Crippen LogP contribution in [0.25, 0.3) is 16.8 Å². The molecule has 0 radical (unpaired) electrons. The SMILES string of the molecule is C/C=C/C1(F)CN(C(=O)CO)CC[C@H]1Nc1nc(NC)c2c(-c3ccc4c(n3)C(CCCC(F)F)C(C)=N4)ccn2n1. The van der Waals surface area contributed by atoms with Crippen LogP contribution in [0.3, 0.4) is 0 Å². The number of rotatable bonds is 10. The van der Waals surface area contributed by atoms with Gasteiger partial charge in [-0.1, -0.05) is 6.08 Å². The van der Waals surface area contributed by atoms with Gasteiger partial charge >= 0.3 is 0 Å². The molecular weight excluding hydrogens is 549 g/mol. The normalized spacial score (nSPS) is 22.2. The number of carbonyl (C=O) groups excluding carboxylic acids is 1. The first-order valence-electron chi connectivity index (χ1n) is 14.1. The third-order valence-corrected chi connectivity index (χ3v) is 7.91. The number of piperidine rings is 1. The summed E-state index contributed by atoms with van der Waals surface area (Å²) in [6.45, 7) is 3.03. The maximum Gasteiger partial charge on any atom is 0.248 e. The first-order valence-corrected chi connectivity index (χ1v) is 14.1. The zero-order chi connectivity index (χ0) is 30.0. The molecule has 2 aliphatic heterocycles. The lowest BCUT2D eigenvalue weighted by molar-refractivity contribution is -0.137. The molecule has 3 aromatic heterocycles. The van der Waals surface area contributed by atoms with Crippen LogP contribution < -0.4 is 10.6 Å². The maximum absolute atomic E-state index is 16.1. The summed E-state index contributed by atoms with van der Waals surface area (Å²) < 4.78 is 43.3. The van der Waals surface area contributed by atoms with E-state index in [1.54, 1.807) is 30.8 Å². The van der Waals surface area contributed by atoms with Crippen LogP contribution in [-0.4, -0.2) is 86.1 Å². The third-order valence-electron chi connectivity index (χ3n) is 7.91. The molecule has 10 nitrogen and oxygen atoms in total. The smallest absolute Gasteiger partial charge is 0.248 e. The standard InChI is InChI=1S/C29H35F3N8O2/c1-4-12-29(32)16-39(24(42)15-41)13-11-22(29)36-28-37-27(33-3)26-19(10-14-40(26)38-28)20-8-9-21-25(35-20)18(17(2)34-21)6-5-7-23(30)31/h4,8-10,12,14,18,22-23,41H,5-7,11,13,15-16H2,1-3H3,(H2,33,36,37,38)/b12-4+/t18?,22-,29?/m1/s1. The average molecular weight is 585 g/mol. The molecule has 1 saturated heterocycles. The van der Waals surface area contributed by atoms with Gasteiger partial charge in [-0.2, -0.15) is 4.98 Å². The van der Waals surface area contributed by atoms with E-state index >= 15 is 4.39 Å². The van der Waals surface area contributed by atoms with Crippen LogP contribution in [0.1, 0.15) is 51.1 Å². The highest BCUT2D eigenvalue weighted by Gasteiger charge is 2.44. The Bertz CT molecular complexity index is 1520. The first-order chi connectivity index (χ1) is 20.2. The molecule has 1 fully saturated rings. The van der Waals surface area contributed by atoms with Crippen LogP contribution >= 0.6 is 0 Å². The van der Waals surface area contributed by atoms with Gasteiger partial charge in [0.1, 0.15) is 12.1 Å². The van der Waals surface area contributed by atoms with Crippen LogP contribution in [0, 0.1) is 0 Å². The number of amides is 1. The zero-order valence-electron chi connectivity index (χ0n) is 23.8. The van der Waals surface area contributed by atoms with Gasteiger partial charge in [-0.15, -0.1) is 5.10 Å². The summed E-state index contributed by atoms with van der Waals surface area (Å²) in [5.74, 6) is 0.0774. The van der Waals surface area contributed by atoms with Gasteiger partial charge in [0.15, 0.2) is 11.5 Å². The van der Waals surface area contributed by atoms with Gasteiger partial charge in [0.2, 0.25) is 18.3 Å². The number of allylic oxidation sites excluding steroid dienone is 1. The predicted molar refractivity (Wildman–Crippen MR) is 155 cm³/mol. The van der Waals surface area contributed by atoms with E-state index in [2.05, 4.69) is 25.7 Å². The van der Waals surface area contributed by atoms with E-state index in [1.165, 1.54) is 11.0 Å². The third kappa shape index (κ3) is 5.69. The number of carbonyl (C=O) groups is 1. The van der Waals surface area contributed by atoms with E-state index in [0.717, 1.165) is 22.7 Å². The summed E-state index contributed by atoms with van der Waals surface area (Å²) in [5, 5.41) is 20.1. The molecule has 2 aliphatic rings. The Balaban J connectivity index is 1.43. The first kappa shape index (κ1) is 29.5. The minimum Gasteiger partial charge on any atom is -0.387 e. The van der Waals surface area contributed by atoms with Crippen molar-refractivity contribution >= 4 is 34.6 Å². The molecule has 2 unspecified atom stereocenters. The molecule has 3 N–H and O–H groups in total. The summed E-state index contributed by atoms with van der Waals surface area (Å²) in [6.07, 6.45) is 3.53. The van der Waals surface area contributed by atoms with Gasteiger partial charge in [0.05, 0.1) is 29.7 Å². The second-order valence-electron chi connectivity index (χ2n) is 10.7. The van der Waals surface area contributed by atoms with Crippen LogP contribution in [0.4, 0.5) is 30.6 Å². The second-order valence-corrected chi connectivity index (χ2v) is 10.7. The van der Waals surface area contributed by atoms with E-state index in [4.69, 9.17) is 4.98 Å². The topological polar surface area (TPSA) is 120 Å². The molecule has 224 valence electrons. The molecule has 0 spiro atoms. The minimum absolute atomic E-state index is 0.111. The fourth-order valence-corrected chi connectivity index (χ4v) is 5.84. The molecule has 42 heavy (non-hydrogen) atoms. The molecule has 5 rings (SSSR count). The molecule has 3 aromatic rings. The number of likely N-dealkylation sites (tertiary alicyclic amines) is 1. The van der Waals surface area contributed by atoms with Crippen molar-refractivity contribution in [2.75, 3.05) is 37.4 Å². The Morgan fingerprint density at radius 2 is 2.10 bits per heavy atom. The molecule has 3 atom stereocenters. The van der Waals surface area contributed by atoms with Crippen molar-refractivity contribution < 1.29 is 23.1 Å². The van der Waals surface area contributed by atoms with Crippen LogP contribution in [-0.2, 0) is 4.79 Å². The Kier molecular flexibility index (Phi) is 8.48. The van der Waals surface area contributed by atoms with Gasteiger partial charge in [0.25, 0.3) is 0 Å². The molecule has 1 amide bonds. The number of aliphatic hydroxyl groups is 1. The highest BCUT2D eigenvalue weighted by atomic mass is 19.3. The number of nitrogens with one attached hydrogen (secondary N) is 2. The number of aliphatic imine (C=N–C) groups is 1. The van der Waals surface area contributed by atoms with Crippen LogP contribution in [0.2, 0.25) is 0 Å². The lowest BCUT2D eigenvalue weighted by atomic mass is 9.88. The number of alkyl halides is 3. The highest BCUT2D eigenvalue weighted by Crippen LogP contribution is 2.40. The summed E-state index contributed by atoms with van der Waals surface area (Å²) in [6, 6.07) is 4.92. The predicted octanol–water partition coefficient (Wildman–Crippen LogP) is 4.75. The Hall–Kier alpha value is -4.00. The highest BCUT2D eigenvalue weighted by molar-refractivity contribution is 5.96. The van der Waals surface area contributed by atoms with Gasteiger partial charge in [-0.3, -0.25) is 9.79 Å². The molecule has 0 aliphatic carbocycles. The number of hydrogen-bond donors (Lipinski definition) is 3. The maximum atomic E-state index is 16.1. The van der Waals surface area contributed by atoms with Crippen molar-refractivity contribution in [1.29, 1.82) is 0 Å². The number of anilines is 2. The number of hydrogen-bond acceptors (Lipinski definition) is 8. The van der Waals surface area contributed by atoms with Gasteiger partial charge in [-0.25, -0.2) is 22.7 Å². The summed E-state index contributed by atoms with van der Waals surface area (Å²) in [5.41, 5.74) is 2.63. The minimum atomic E-state index is -2.33. The van der Waals surface area contributed by atoms with Crippen molar-refractivity contribution in [2.45, 2.75) is 63.6 Å². The molecule has 13 heteroatoms. The number of fused-ring (bicyclic) bond motifs is 2. The lowest BCUT2D eigenvalue weighted by Gasteiger charge is -2.41. The van der Waals surface area contributed by atoms with Gasteiger partial charge in [-0.05, 0) is 57.4 Å².